The van der Waals surface area contributed by atoms with Gasteiger partial charge in [-0.05, 0) is 18.2 Å². The summed E-state index contributed by atoms with van der Waals surface area (Å²) >= 11 is 0. The molecule has 0 spiro atoms. The predicted octanol–water partition coefficient (Wildman–Crippen LogP) is 1.39. The zero-order valence-electron chi connectivity index (χ0n) is 18.5. The Morgan fingerprint density at radius 3 is 2.53 bits per heavy atom. The molecule has 12 nitrogen and oxygen atoms in total. The predicted molar refractivity (Wildman–Crippen MR) is 122 cm³/mol. The van der Waals surface area contributed by atoms with Crippen molar-refractivity contribution < 1.29 is 4.42 Å². The minimum Gasteiger partial charge on any atom is -0.469 e. The van der Waals surface area contributed by atoms with E-state index in [0.29, 0.717) is 25.0 Å². The molecular weight excluding hydrogens is 410 g/mol. The average molecular weight is 440 g/mol. The molecule has 5 N–H and O–H groups in total. The Hall–Kier alpha value is -3.96. The Morgan fingerprint density at radius 1 is 1.06 bits per heavy atom. The fourth-order valence-corrected chi connectivity index (χ4v) is 3.42. The maximum absolute atomic E-state index is 5.71. The third-order valence-corrected chi connectivity index (χ3v) is 5.22. The quantitative estimate of drug-likeness (QED) is 0.272. The van der Waals surface area contributed by atoms with Gasteiger partial charge in [0.1, 0.15) is 5.76 Å². The highest BCUT2D eigenvalue weighted by Gasteiger charge is 2.14. The van der Waals surface area contributed by atoms with E-state index >= 15 is 0 Å². The molecule has 0 unspecified atom stereocenters. The smallest absolute Gasteiger partial charge is 0.228 e. The van der Waals surface area contributed by atoms with Gasteiger partial charge in [-0.1, -0.05) is 0 Å². The van der Waals surface area contributed by atoms with Crippen LogP contribution in [0.5, 0.6) is 0 Å². The van der Waals surface area contributed by atoms with Crippen LogP contribution in [-0.2, 0) is 33.5 Å². The molecule has 0 bridgehead atoms. The van der Waals surface area contributed by atoms with Crippen molar-refractivity contribution in [2.75, 3.05) is 41.4 Å². The van der Waals surface area contributed by atoms with Crippen LogP contribution in [0.25, 0.3) is 0 Å². The lowest BCUT2D eigenvalue weighted by atomic mass is 10.2. The van der Waals surface area contributed by atoms with Crippen LogP contribution < -0.4 is 21.3 Å². The molecule has 0 aliphatic carbocycles. The summed E-state index contributed by atoms with van der Waals surface area (Å²) in [5, 5.41) is 23.0. The summed E-state index contributed by atoms with van der Waals surface area (Å²) in [4.78, 5) is 5.24. The van der Waals surface area contributed by atoms with Gasteiger partial charge in [-0.25, -0.2) is 0 Å². The number of furan rings is 1. The maximum atomic E-state index is 5.71. The summed E-state index contributed by atoms with van der Waals surface area (Å²) in [5.41, 5.74) is 7.94. The zero-order chi connectivity index (χ0) is 22.5. The van der Waals surface area contributed by atoms with Crippen molar-refractivity contribution in [2.24, 2.45) is 14.1 Å². The summed E-state index contributed by atoms with van der Waals surface area (Å²) in [6.45, 7) is 2.09. The van der Waals surface area contributed by atoms with E-state index in [1.54, 1.807) is 10.8 Å². The van der Waals surface area contributed by atoms with Crippen molar-refractivity contribution in [1.82, 2.24) is 34.5 Å². The summed E-state index contributed by atoms with van der Waals surface area (Å²) in [6, 6.07) is 6.12. The van der Waals surface area contributed by atoms with E-state index in [2.05, 4.69) is 48.1 Å². The molecular formula is C20H29N11O. The van der Waals surface area contributed by atoms with Crippen molar-refractivity contribution in [1.29, 1.82) is 0 Å². The molecule has 0 aliphatic rings. The van der Waals surface area contributed by atoms with E-state index < -0.39 is 0 Å². The third kappa shape index (κ3) is 4.85. The zero-order valence-corrected chi connectivity index (χ0v) is 18.5. The number of aromatic nitrogens is 7. The van der Waals surface area contributed by atoms with Gasteiger partial charge in [0, 0.05) is 71.1 Å². The Labute approximate surface area is 185 Å². The van der Waals surface area contributed by atoms with Crippen molar-refractivity contribution in [3.05, 3.63) is 47.7 Å². The number of nitrogens with zero attached hydrogens (tertiary/aromatic N) is 7. The van der Waals surface area contributed by atoms with Gasteiger partial charge in [0.15, 0.2) is 0 Å². The van der Waals surface area contributed by atoms with Crippen molar-refractivity contribution >= 4 is 23.8 Å². The Morgan fingerprint density at radius 2 is 1.81 bits per heavy atom. The van der Waals surface area contributed by atoms with Crippen molar-refractivity contribution in [2.45, 2.75) is 19.4 Å². The number of nitrogen functional groups attached to an aromatic ring is 1. The van der Waals surface area contributed by atoms with Gasteiger partial charge in [0.2, 0.25) is 23.8 Å². The maximum Gasteiger partial charge on any atom is 0.228 e. The van der Waals surface area contributed by atoms with E-state index in [1.165, 1.54) is 5.69 Å². The number of rotatable bonds is 11. The first-order valence-corrected chi connectivity index (χ1v) is 10.4. The van der Waals surface area contributed by atoms with Crippen LogP contribution in [-0.4, -0.2) is 54.7 Å². The number of aromatic amines is 1. The van der Waals surface area contributed by atoms with E-state index in [9.17, 15) is 0 Å². The molecule has 0 aliphatic heterocycles. The molecule has 4 heterocycles. The van der Waals surface area contributed by atoms with Crippen LogP contribution in [0.3, 0.4) is 0 Å². The number of anilines is 4. The number of hydrogen-bond donors (Lipinski definition) is 4. The summed E-state index contributed by atoms with van der Waals surface area (Å²) in [7, 11) is 5.75. The van der Waals surface area contributed by atoms with Crippen LogP contribution in [0, 0.1) is 0 Å². The lowest BCUT2D eigenvalue weighted by Gasteiger charge is -2.16. The van der Waals surface area contributed by atoms with E-state index in [0.717, 1.165) is 42.6 Å². The normalized spacial score (nSPS) is 11.1. The second kappa shape index (κ2) is 9.45. The molecule has 4 aromatic heterocycles. The molecule has 0 radical (unpaired) electrons. The van der Waals surface area contributed by atoms with Crippen molar-refractivity contribution in [3.8, 4) is 0 Å². The highest BCUT2D eigenvalue weighted by molar-refractivity contribution is 5.39. The number of nitrogens with one attached hydrogen (secondary N) is 3. The number of H-pyrrole nitrogens is 1. The van der Waals surface area contributed by atoms with Crippen LogP contribution in [0.4, 0.5) is 23.8 Å². The van der Waals surface area contributed by atoms with E-state index in [1.807, 2.05) is 42.9 Å². The topological polar surface area (TPSA) is 144 Å². The second-order valence-electron chi connectivity index (χ2n) is 7.65. The number of nitrogens with two attached hydrogens (primary N) is 1. The molecule has 0 saturated heterocycles. The highest BCUT2D eigenvalue weighted by atomic mass is 16.3. The van der Waals surface area contributed by atoms with Gasteiger partial charge in [-0.3, -0.25) is 9.13 Å². The van der Waals surface area contributed by atoms with Crippen molar-refractivity contribution in [3.63, 3.8) is 0 Å². The second-order valence-corrected chi connectivity index (χ2v) is 7.65. The minimum atomic E-state index is 0.374. The fourth-order valence-electron chi connectivity index (χ4n) is 3.42. The fraction of sp³-hybridized carbons (Fsp3) is 0.400. The molecule has 4 aromatic rings. The van der Waals surface area contributed by atoms with E-state index in [-0.39, 0.29) is 0 Å². The Balaban J connectivity index is 1.26. The lowest BCUT2D eigenvalue weighted by Crippen LogP contribution is -2.20. The Bertz CT molecular complexity index is 1120. The van der Waals surface area contributed by atoms with E-state index in [4.69, 9.17) is 10.2 Å². The van der Waals surface area contributed by atoms with Crippen LogP contribution in [0.15, 0.2) is 35.1 Å². The summed E-state index contributed by atoms with van der Waals surface area (Å²) in [6.07, 6.45) is 5.31. The molecule has 0 saturated carbocycles. The van der Waals surface area contributed by atoms with Gasteiger partial charge in [-0.15, -0.1) is 20.4 Å². The molecule has 170 valence electrons. The van der Waals surface area contributed by atoms with Crippen LogP contribution >= 0.6 is 0 Å². The van der Waals surface area contributed by atoms with Gasteiger partial charge in [0.05, 0.1) is 6.26 Å². The van der Waals surface area contributed by atoms with Gasteiger partial charge >= 0.3 is 0 Å². The molecule has 0 atom stereocenters. The minimum absolute atomic E-state index is 0.374. The summed E-state index contributed by atoms with van der Waals surface area (Å²) < 4.78 is 9.36. The standard InChI is InChI=1S/C20H29N11O/c1-29(20-28-27-19(31(20)3)23-9-6-15-5-4-8-22-15)12-14-11-16(32-13-14)7-10-24-18-26-25-17(21)30(18)2/h4-5,8,11,13,22H,6-7,9-10,12H2,1-3H3,(H2,21,25)(H,23,27)(H,24,26). The molecule has 0 fully saturated rings. The Kier molecular flexibility index (Phi) is 6.29. The average Bonchev–Trinajstić information content (AvgIpc) is 3.56. The van der Waals surface area contributed by atoms with Crippen LogP contribution in [0.2, 0.25) is 0 Å². The first kappa shape index (κ1) is 21.3. The molecule has 4 rings (SSSR count). The first-order valence-electron chi connectivity index (χ1n) is 10.4. The molecule has 32 heavy (non-hydrogen) atoms. The largest absolute Gasteiger partial charge is 0.469 e. The monoisotopic (exact) mass is 439 g/mol. The van der Waals surface area contributed by atoms with Gasteiger partial charge in [0.25, 0.3) is 0 Å². The van der Waals surface area contributed by atoms with Gasteiger partial charge in [-0.2, -0.15) is 0 Å². The summed E-state index contributed by atoms with van der Waals surface area (Å²) in [5.74, 6) is 3.41. The molecule has 0 amide bonds. The molecule has 0 aromatic carbocycles. The van der Waals surface area contributed by atoms with Gasteiger partial charge < -0.3 is 30.7 Å². The SMILES string of the molecule is CN(Cc1coc(CCNc2nnc(N)n2C)c1)c1nnc(NCCc2ccc[nH]2)n1C. The molecule has 12 heteroatoms. The number of hydrogen-bond acceptors (Lipinski definition) is 9. The highest BCUT2D eigenvalue weighted by Crippen LogP contribution is 2.18. The first-order chi connectivity index (χ1) is 15.5. The van der Waals surface area contributed by atoms with Crippen LogP contribution in [0.1, 0.15) is 17.0 Å². The third-order valence-electron chi connectivity index (χ3n) is 5.22. The lowest BCUT2D eigenvalue weighted by molar-refractivity contribution is 0.510.